The smallest absolute Gasteiger partial charge is 0.302 e. The van der Waals surface area contributed by atoms with Gasteiger partial charge in [0.2, 0.25) is 5.96 Å². The number of phenolic OH excluding ortho intramolecular Hbond substituents is 1. The summed E-state index contributed by atoms with van der Waals surface area (Å²) in [7, 11) is 0. The molecule has 0 aliphatic carbocycles. The number of fused-ring (bicyclic) bond motifs is 1. The maximum Gasteiger partial charge on any atom is 0.302 e. The fourth-order valence-corrected chi connectivity index (χ4v) is 4.13. The minimum atomic E-state index is -0.465. The van der Waals surface area contributed by atoms with Gasteiger partial charge in [0.15, 0.2) is 5.58 Å². The van der Waals surface area contributed by atoms with E-state index in [0.717, 1.165) is 22.4 Å². The van der Waals surface area contributed by atoms with Gasteiger partial charge in [0.05, 0.1) is 5.69 Å². The summed E-state index contributed by atoms with van der Waals surface area (Å²) >= 11 is 6.57. The number of oxazole rings is 1. The quantitative estimate of drug-likeness (QED) is 0.259. The van der Waals surface area contributed by atoms with Gasteiger partial charge >= 0.3 is 6.01 Å². The van der Waals surface area contributed by atoms with Gasteiger partial charge < -0.3 is 20.2 Å². The van der Waals surface area contributed by atoms with Gasteiger partial charge in [0.1, 0.15) is 17.3 Å². The predicted molar refractivity (Wildman–Crippen MR) is 136 cm³/mol. The Hall–Kier alpha value is -4.23. The van der Waals surface area contributed by atoms with Crippen molar-refractivity contribution in [3.05, 3.63) is 107 Å². The van der Waals surface area contributed by atoms with E-state index in [4.69, 9.17) is 21.0 Å². The molecule has 4 N–H and O–H groups in total. The van der Waals surface area contributed by atoms with Crippen LogP contribution in [0.15, 0.2) is 106 Å². The van der Waals surface area contributed by atoms with Crippen molar-refractivity contribution in [3.8, 4) is 5.75 Å². The van der Waals surface area contributed by atoms with Gasteiger partial charge in [-0.15, -0.1) is 0 Å². The van der Waals surface area contributed by atoms with E-state index in [0.29, 0.717) is 34.0 Å². The van der Waals surface area contributed by atoms with Gasteiger partial charge in [-0.1, -0.05) is 60.6 Å². The van der Waals surface area contributed by atoms with Crippen LogP contribution in [0.2, 0.25) is 5.02 Å². The number of para-hydroxylation sites is 4. The van der Waals surface area contributed by atoms with Crippen LogP contribution in [0.1, 0.15) is 18.5 Å². The number of hydrogen-bond acceptors (Lipinski definition) is 7. The molecule has 1 aliphatic rings. The van der Waals surface area contributed by atoms with Crippen molar-refractivity contribution in [3.63, 3.8) is 0 Å². The molecule has 7 nitrogen and oxygen atoms in total. The zero-order valence-corrected chi connectivity index (χ0v) is 19.1. The molecule has 1 unspecified atom stereocenters. The van der Waals surface area contributed by atoms with Crippen molar-refractivity contribution in [2.75, 3.05) is 10.6 Å². The van der Waals surface area contributed by atoms with E-state index in [1.54, 1.807) is 18.2 Å². The molecule has 0 saturated heterocycles. The molecular formula is C26H22ClN5O2. The van der Waals surface area contributed by atoms with Gasteiger partial charge in [0.25, 0.3) is 0 Å². The van der Waals surface area contributed by atoms with E-state index in [9.17, 15) is 5.11 Å². The number of anilines is 2. The fraction of sp³-hybridized carbons (Fsp3) is 0.0769. The second kappa shape index (κ2) is 8.96. The lowest BCUT2D eigenvalue weighted by Gasteiger charge is -2.29. The van der Waals surface area contributed by atoms with Crippen LogP contribution in [0.25, 0.3) is 11.1 Å². The number of aromatic nitrogens is 1. The first-order valence-electron chi connectivity index (χ1n) is 10.7. The lowest BCUT2D eigenvalue weighted by Crippen LogP contribution is -2.35. The van der Waals surface area contributed by atoms with E-state index < -0.39 is 6.04 Å². The Morgan fingerprint density at radius 2 is 1.79 bits per heavy atom. The SMILES string of the molecule is C=C(Nc1ccccc1O)C1=C(C)NC(Nc2nc3ccccc3o2)=NC1c1ccccc1Cl. The van der Waals surface area contributed by atoms with Crippen LogP contribution in [0.5, 0.6) is 5.75 Å². The van der Waals surface area contributed by atoms with Crippen molar-refractivity contribution >= 4 is 40.4 Å². The van der Waals surface area contributed by atoms with Crippen molar-refractivity contribution in [1.82, 2.24) is 10.3 Å². The van der Waals surface area contributed by atoms with Gasteiger partial charge in [-0.3, -0.25) is 5.32 Å². The molecule has 170 valence electrons. The standard InChI is InChI=1S/C26H22ClN5O2/c1-15(28-19-11-5-7-13-21(19)33)23-16(2)29-25(31-24(23)17-9-3-4-10-18(17)27)32-26-30-20-12-6-8-14-22(20)34-26/h3-14,24,28,33H,1H2,2H3,(H2,29,30,31,32). The molecular weight excluding hydrogens is 450 g/mol. The number of halogens is 1. The molecule has 34 heavy (non-hydrogen) atoms. The zero-order chi connectivity index (χ0) is 23.7. The highest BCUT2D eigenvalue weighted by molar-refractivity contribution is 6.31. The number of aliphatic imine (C=N–C) groups is 1. The summed E-state index contributed by atoms with van der Waals surface area (Å²) in [5.41, 5.74) is 4.99. The molecule has 0 amide bonds. The van der Waals surface area contributed by atoms with Crippen LogP contribution in [-0.4, -0.2) is 16.1 Å². The Kier molecular flexibility index (Phi) is 5.69. The summed E-state index contributed by atoms with van der Waals surface area (Å²) in [6, 6.07) is 21.9. The van der Waals surface area contributed by atoms with Gasteiger partial charge in [-0.2, -0.15) is 4.98 Å². The summed E-state index contributed by atoms with van der Waals surface area (Å²) < 4.78 is 5.79. The Morgan fingerprint density at radius 3 is 2.59 bits per heavy atom. The normalized spacial score (nSPS) is 15.6. The molecule has 5 rings (SSSR count). The van der Waals surface area contributed by atoms with Crippen LogP contribution < -0.4 is 16.0 Å². The number of nitrogens with one attached hydrogen (secondary N) is 3. The second-order valence-corrected chi connectivity index (χ2v) is 8.21. The van der Waals surface area contributed by atoms with E-state index >= 15 is 0 Å². The first kappa shape index (κ1) is 21.6. The first-order valence-corrected chi connectivity index (χ1v) is 11.0. The number of phenols is 1. The molecule has 0 saturated carbocycles. The highest BCUT2D eigenvalue weighted by atomic mass is 35.5. The van der Waals surface area contributed by atoms with Crippen molar-refractivity contribution in [2.45, 2.75) is 13.0 Å². The summed E-state index contributed by atoms with van der Waals surface area (Å²) in [6.45, 7) is 6.15. The lowest BCUT2D eigenvalue weighted by molar-refractivity contribution is 0.477. The minimum absolute atomic E-state index is 0.127. The number of rotatable bonds is 5. The van der Waals surface area contributed by atoms with Crippen LogP contribution in [0.4, 0.5) is 11.7 Å². The third kappa shape index (κ3) is 4.21. The molecule has 2 heterocycles. The maximum absolute atomic E-state index is 10.2. The van der Waals surface area contributed by atoms with Gasteiger partial charge in [-0.25, -0.2) is 4.99 Å². The maximum atomic E-state index is 10.2. The van der Waals surface area contributed by atoms with E-state index in [-0.39, 0.29) is 5.75 Å². The van der Waals surface area contributed by atoms with E-state index in [1.165, 1.54) is 0 Å². The third-order valence-corrected chi connectivity index (χ3v) is 5.82. The van der Waals surface area contributed by atoms with Gasteiger partial charge in [-0.05, 0) is 42.8 Å². The van der Waals surface area contributed by atoms with Gasteiger partial charge in [0, 0.05) is 22.0 Å². The monoisotopic (exact) mass is 471 g/mol. The average molecular weight is 472 g/mol. The average Bonchev–Trinajstić information content (AvgIpc) is 3.22. The number of hydrogen-bond donors (Lipinski definition) is 4. The summed E-state index contributed by atoms with van der Waals surface area (Å²) in [5, 5.41) is 20.4. The fourth-order valence-electron chi connectivity index (χ4n) is 3.89. The molecule has 1 atom stereocenters. The third-order valence-electron chi connectivity index (χ3n) is 5.48. The molecule has 8 heteroatoms. The topological polar surface area (TPSA) is 94.7 Å². The second-order valence-electron chi connectivity index (χ2n) is 7.80. The van der Waals surface area contributed by atoms with Crippen LogP contribution in [0.3, 0.4) is 0 Å². The molecule has 0 bridgehead atoms. The molecule has 0 fully saturated rings. The van der Waals surface area contributed by atoms with E-state index in [2.05, 4.69) is 27.5 Å². The van der Waals surface area contributed by atoms with Crippen LogP contribution >= 0.6 is 11.6 Å². The van der Waals surface area contributed by atoms with Crippen LogP contribution in [-0.2, 0) is 0 Å². The highest BCUT2D eigenvalue weighted by Gasteiger charge is 2.28. The lowest BCUT2D eigenvalue weighted by atomic mass is 9.94. The van der Waals surface area contributed by atoms with E-state index in [1.807, 2.05) is 61.5 Å². The summed E-state index contributed by atoms with van der Waals surface area (Å²) in [6.07, 6.45) is 0. The number of guanidine groups is 1. The number of allylic oxidation sites excluding steroid dienone is 1. The Morgan fingerprint density at radius 1 is 1.06 bits per heavy atom. The Labute approximate surface area is 201 Å². The molecule has 0 spiro atoms. The largest absolute Gasteiger partial charge is 0.506 e. The van der Waals surface area contributed by atoms with Crippen molar-refractivity contribution in [1.29, 1.82) is 0 Å². The number of aromatic hydroxyl groups is 1. The zero-order valence-electron chi connectivity index (χ0n) is 18.3. The highest BCUT2D eigenvalue weighted by Crippen LogP contribution is 2.39. The first-order chi connectivity index (χ1) is 16.5. The molecule has 1 aliphatic heterocycles. The predicted octanol–water partition coefficient (Wildman–Crippen LogP) is 6.20. The molecule has 1 aromatic heterocycles. The molecule has 0 radical (unpaired) electrons. The van der Waals surface area contributed by atoms with Crippen LogP contribution in [0, 0.1) is 0 Å². The number of benzene rings is 3. The summed E-state index contributed by atoms with van der Waals surface area (Å²) in [4.78, 5) is 9.35. The Bertz CT molecular complexity index is 1420. The minimum Gasteiger partial charge on any atom is -0.506 e. The summed E-state index contributed by atoms with van der Waals surface area (Å²) in [5.74, 6) is 0.592. The van der Waals surface area contributed by atoms with Crippen molar-refractivity contribution < 1.29 is 9.52 Å². The van der Waals surface area contributed by atoms with Crippen molar-refractivity contribution in [2.24, 2.45) is 4.99 Å². The Balaban J connectivity index is 1.50. The number of nitrogens with zero attached hydrogens (tertiary/aromatic N) is 2. The molecule has 4 aromatic rings. The molecule has 3 aromatic carbocycles.